The van der Waals surface area contributed by atoms with E-state index in [1.807, 2.05) is 4.90 Å². The van der Waals surface area contributed by atoms with Crippen LogP contribution in [-0.4, -0.2) is 40.4 Å². The van der Waals surface area contributed by atoms with E-state index in [9.17, 15) is 14.4 Å². The van der Waals surface area contributed by atoms with Gasteiger partial charge in [-0.05, 0) is 43.7 Å². The van der Waals surface area contributed by atoms with Crippen LogP contribution in [0, 0.1) is 11.8 Å². The number of carboxylic acid groups (broad SMARTS) is 1. The molecule has 2 heterocycles. The van der Waals surface area contributed by atoms with Crippen LogP contribution in [0.5, 0.6) is 0 Å². The van der Waals surface area contributed by atoms with Gasteiger partial charge in [-0.1, -0.05) is 6.92 Å². The molecule has 136 valence electrons. The number of aromatic carboxylic acids is 1. The van der Waals surface area contributed by atoms with Crippen molar-refractivity contribution < 1.29 is 23.9 Å². The molecule has 1 atom stereocenters. The zero-order valence-corrected chi connectivity index (χ0v) is 14.4. The average Bonchev–Trinajstić information content (AvgIpc) is 3.20. The van der Waals surface area contributed by atoms with Crippen LogP contribution in [-0.2, 0) is 16.1 Å². The molecule has 1 aromatic rings. The Labute approximate surface area is 146 Å². The van der Waals surface area contributed by atoms with Gasteiger partial charge in [-0.25, -0.2) is 4.79 Å². The van der Waals surface area contributed by atoms with Gasteiger partial charge >= 0.3 is 5.97 Å². The first kappa shape index (κ1) is 17.5. The summed E-state index contributed by atoms with van der Waals surface area (Å²) >= 11 is 0. The molecule has 1 aromatic heterocycles. The highest BCUT2D eigenvalue weighted by Crippen LogP contribution is 2.31. The van der Waals surface area contributed by atoms with Crippen LogP contribution >= 0.6 is 0 Å². The largest absolute Gasteiger partial charge is 0.475 e. The molecule has 2 fully saturated rings. The van der Waals surface area contributed by atoms with Crippen molar-refractivity contribution in [3.63, 3.8) is 0 Å². The molecule has 7 heteroatoms. The topological polar surface area (TPSA) is 99.8 Å². The summed E-state index contributed by atoms with van der Waals surface area (Å²) in [6.45, 7) is 2.84. The van der Waals surface area contributed by atoms with Crippen LogP contribution in [0.15, 0.2) is 16.5 Å². The van der Waals surface area contributed by atoms with Crippen molar-refractivity contribution in [2.45, 2.75) is 51.6 Å². The number of rotatable bonds is 5. The highest BCUT2D eigenvalue weighted by Gasteiger charge is 2.38. The molecule has 0 spiro atoms. The minimum Gasteiger partial charge on any atom is -0.475 e. The molecule has 2 aliphatic rings. The lowest BCUT2D eigenvalue weighted by Crippen LogP contribution is -2.40. The molecule has 1 saturated carbocycles. The molecular weight excluding hydrogens is 324 g/mol. The lowest BCUT2D eigenvalue weighted by molar-refractivity contribution is -0.131. The Morgan fingerprint density at radius 2 is 2.00 bits per heavy atom. The first-order valence-electron chi connectivity index (χ1n) is 8.83. The fourth-order valence-electron chi connectivity index (χ4n) is 3.72. The summed E-state index contributed by atoms with van der Waals surface area (Å²) < 4.78 is 5.11. The molecule has 1 aliphatic carbocycles. The summed E-state index contributed by atoms with van der Waals surface area (Å²) in [5, 5.41) is 11.6. The van der Waals surface area contributed by atoms with Crippen molar-refractivity contribution >= 4 is 17.8 Å². The van der Waals surface area contributed by atoms with Gasteiger partial charge in [0.05, 0.1) is 12.5 Å². The number of nitrogens with zero attached hydrogens (tertiary/aromatic N) is 1. The van der Waals surface area contributed by atoms with E-state index in [-0.39, 0.29) is 42.5 Å². The van der Waals surface area contributed by atoms with Gasteiger partial charge in [-0.3, -0.25) is 9.59 Å². The van der Waals surface area contributed by atoms with Gasteiger partial charge in [0.1, 0.15) is 5.76 Å². The molecule has 1 aliphatic heterocycles. The molecule has 0 bridgehead atoms. The summed E-state index contributed by atoms with van der Waals surface area (Å²) in [4.78, 5) is 37.3. The molecule has 25 heavy (non-hydrogen) atoms. The van der Waals surface area contributed by atoms with Crippen LogP contribution in [0.3, 0.4) is 0 Å². The smallest absolute Gasteiger partial charge is 0.371 e. The second-order valence-electron chi connectivity index (χ2n) is 7.15. The zero-order valence-electron chi connectivity index (χ0n) is 14.4. The normalized spacial score (nSPS) is 26.7. The summed E-state index contributed by atoms with van der Waals surface area (Å²) in [5.74, 6) is -0.667. The maximum Gasteiger partial charge on any atom is 0.371 e. The van der Waals surface area contributed by atoms with Crippen molar-refractivity contribution in [1.82, 2.24) is 10.2 Å². The highest BCUT2D eigenvalue weighted by atomic mass is 16.4. The lowest BCUT2D eigenvalue weighted by atomic mass is 9.87. The summed E-state index contributed by atoms with van der Waals surface area (Å²) in [7, 11) is 0. The van der Waals surface area contributed by atoms with Crippen molar-refractivity contribution in [3.05, 3.63) is 23.7 Å². The fourth-order valence-corrected chi connectivity index (χ4v) is 3.72. The molecule has 1 saturated heterocycles. The van der Waals surface area contributed by atoms with Gasteiger partial charge < -0.3 is 19.7 Å². The minimum absolute atomic E-state index is 0.0610. The Balaban J connectivity index is 1.51. The third-order valence-corrected chi connectivity index (χ3v) is 5.26. The monoisotopic (exact) mass is 348 g/mol. The predicted octanol–water partition coefficient (Wildman–Crippen LogP) is 2.02. The van der Waals surface area contributed by atoms with Crippen molar-refractivity contribution in [1.29, 1.82) is 0 Å². The van der Waals surface area contributed by atoms with Gasteiger partial charge in [0.15, 0.2) is 0 Å². The number of carbonyl (C=O) groups excluding carboxylic acids is 2. The molecular formula is C18H24N2O5. The van der Waals surface area contributed by atoms with E-state index >= 15 is 0 Å². The minimum atomic E-state index is -1.14. The molecule has 0 aromatic carbocycles. The van der Waals surface area contributed by atoms with Crippen LogP contribution in [0.4, 0.5) is 0 Å². The van der Waals surface area contributed by atoms with E-state index < -0.39 is 5.97 Å². The second kappa shape index (κ2) is 7.29. The summed E-state index contributed by atoms with van der Waals surface area (Å²) in [6.07, 6.45) is 4.55. The number of amides is 2. The zero-order chi connectivity index (χ0) is 18.0. The lowest BCUT2D eigenvalue weighted by Gasteiger charge is -2.33. The van der Waals surface area contributed by atoms with Crippen molar-refractivity contribution in [2.75, 3.05) is 6.54 Å². The number of hydrogen-bond acceptors (Lipinski definition) is 4. The number of hydrogen-bond donors (Lipinski definition) is 2. The summed E-state index contributed by atoms with van der Waals surface area (Å²) in [6, 6.07) is 3.15. The van der Waals surface area contributed by atoms with Crippen LogP contribution < -0.4 is 5.32 Å². The standard InChI is InChI=1S/C18H24N2O5/c1-11-2-4-13(5-3-11)20-10-12(8-16(20)21)17(22)19-9-14-6-7-15(25-14)18(23)24/h6-7,11-13H,2-5,8-10H2,1H3,(H,19,22)(H,23,24)/t11?,12-,13?/m0/s1. The molecule has 7 nitrogen and oxygen atoms in total. The molecule has 2 amide bonds. The van der Waals surface area contributed by atoms with Crippen molar-refractivity contribution in [3.8, 4) is 0 Å². The Morgan fingerprint density at radius 3 is 2.64 bits per heavy atom. The molecule has 2 N–H and O–H groups in total. The first-order chi connectivity index (χ1) is 11.9. The third kappa shape index (κ3) is 4.03. The van der Waals surface area contributed by atoms with Gasteiger partial charge in [0.25, 0.3) is 0 Å². The molecule has 3 rings (SSSR count). The quantitative estimate of drug-likeness (QED) is 0.848. The van der Waals surface area contributed by atoms with Crippen LogP contribution in [0.25, 0.3) is 0 Å². The second-order valence-corrected chi connectivity index (χ2v) is 7.15. The SMILES string of the molecule is CC1CCC(N2C[C@@H](C(=O)NCc3ccc(C(=O)O)o3)CC2=O)CC1. The number of carbonyl (C=O) groups is 3. The Hall–Kier alpha value is -2.31. The number of furan rings is 1. The number of carboxylic acids is 1. The Bertz CT molecular complexity index is 660. The van der Waals surface area contributed by atoms with E-state index in [2.05, 4.69) is 12.2 Å². The predicted molar refractivity (Wildman–Crippen MR) is 88.8 cm³/mol. The van der Waals surface area contributed by atoms with Gasteiger partial charge in [-0.15, -0.1) is 0 Å². The molecule has 0 unspecified atom stereocenters. The number of likely N-dealkylation sites (tertiary alicyclic amines) is 1. The van der Waals surface area contributed by atoms with Gasteiger partial charge in [0, 0.05) is 19.0 Å². The van der Waals surface area contributed by atoms with Crippen LogP contribution in [0.1, 0.15) is 55.3 Å². The van der Waals surface area contributed by atoms with E-state index in [1.165, 1.54) is 12.1 Å². The van der Waals surface area contributed by atoms with E-state index in [4.69, 9.17) is 9.52 Å². The highest BCUT2D eigenvalue weighted by molar-refractivity contribution is 5.89. The average molecular weight is 348 g/mol. The first-order valence-corrected chi connectivity index (χ1v) is 8.83. The fraction of sp³-hybridized carbons (Fsp3) is 0.611. The van der Waals surface area contributed by atoms with E-state index in [0.717, 1.165) is 31.6 Å². The molecule has 0 radical (unpaired) electrons. The van der Waals surface area contributed by atoms with Gasteiger partial charge in [-0.2, -0.15) is 0 Å². The van der Waals surface area contributed by atoms with E-state index in [1.54, 1.807) is 0 Å². The van der Waals surface area contributed by atoms with Gasteiger partial charge in [0.2, 0.25) is 17.6 Å². The van der Waals surface area contributed by atoms with E-state index in [0.29, 0.717) is 12.3 Å². The van der Waals surface area contributed by atoms with Crippen molar-refractivity contribution in [2.24, 2.45) is 11.8 Å². The maximum absolute atomic E-state index is 12.3. The Morgan fingerprint density at radius 1 is 1.28 bits per heavy atom. The number of nitrogens with one attached hydrogen (secondary N) is 1. The summed E-state index contributed by atoms with van der Waals surface area (Å²) in [5.41, 5.74) is 0. The third-order valence-electron chi connectivity index (χ3n) is 5.26. The van der Waals surface area contributed by atoms with Crippen LogP contribution in [0.2, 0.25) is 0 Å². The maximum atomic E-state index is 12.3. The Kier molecular flexibility index (Phi) is 5.11.